The van der Waals surface area contributed by atoms with Crippen LogP contribution in [0.5, 0.6) is 0 Å². The van der Waals surface area contributed by atoms with Crippen molar-refractivity contribution in [2.45, 2.75) is 32.4 Å². The number of nitrogens with zero attached hydrogens (tertiary/aromatic N) is 2. The molecule has 0 radical (unpaired) electrons. The molecule has 1 aromatic heterocycles. The molecule has 2 rings (SSSR count). The van der Waals surface area contributed by atoms with E-state index in [9.17, 15) is 0 Å². The van der Waals surface area contributed by atoms with Crippen LogP contribution >= 0.6 is 12.4 Å². The highest BCUT2D eigenvalue weighted by Gasteiger charge is 2.32. The third-order valence-corrected chi connectivity index (χ3v) is 3.49. The maximum atomic E-state index is 5.84. The van der Waals surface area contributed by atoms with Gasteiger partial charge in [0.1, 0.15) is 0 Å². The van der Waals surface area contributed by atoms with Gasteiger partial charge in [-0.3, -0.25) is 9.88 Å². The van der Waals surface area contributed by atoms with Gasteiger partial charge in [0.15, 0.2) is 0 Å². The quantitative estimate of drug-likeness (QED) is 0.875. The molecule has 1 aliphatic carbocycles. The molecule has 1 unspecified atom stereocenters. The predicted molar refractivity (Wildman–Crippen MR) is 73.3 cm³/mol. The minimum Gasteiger partial charge on any atom is -0.329 e. The topological polar surface area (TPSA) is 42.2 Å². The Labute approximate surface area is 110 Å². The average Bonchev–Trinajstić information content (AvgIpc) is 3.07. The zero-order valence-electron chi connectivity index (χ0n) is 10.6. The van der Waals surface area contributed by atoms with Gasteiger partial charge in [0.2, 0.25) is 0 Å². The van der Waals surface area contributed by atoms with Gasteiger partial charge >= 0.3 is 0 Å². The number of likely N-dealkylation sites (N-methyl/N-ethyl adjacent to an activating group) is 1. The third-order valence-electron chi connectivity index (χ3n) is 3.49. The van der Waals surface area contributed by atoms with Crippen LogP contribution in [0, 0.1) is 12.8 Å². The van der Waals surface area contributed by atoms with Gasteiger partial charge in [-0.1, -0.05) is 6.07 Å². The van der Waals surface area contributed by atoms with Crippen LogP contribution < -0.4 is 5.73 Å². The summed E-state index contributed by atoms with van der Waals surface area (Å²) in [5.41, 5.74) is 8.28. The van der Waals surface area contributed by atoms with Crippen LogP contribution in [-0.4, -0.2) is 29.5 Å². The Morgan fingerprint density at radius 1 is 1.53 bits per heavy atom. The fraction of sp³-hybridized carbons (Fsp3) is 0.615. The van der Waals surface area contributed by atoms with Gasteiger partial charge in [-0.2, -0.15) is 0 Å². The molecule has 0 aliphatic heterocycles. The number of hydrogen-bond donors (Lipinski definition) is 1. The van der Waals surface area contributed by atoms with Gasteiger partial charge in [-0.05, 0) is 44.4 Å². The Bertz CT molecular complexity index is 352. The molecule has 1 aliphatic rings. The summed E-state index contributed by atoms with van der Waals surface area (Å²) in [4.78, 5) is 6.79. The van der Waals surface area contributed by atoms with E-state index < -0.39 is 0 Å². The standard InChI is InChI=1S/C13H21N3.ClH/c1-10-4-3-7-15-12(10)9-16(2)13(8-14)11-5-6-11;/h3-4,7,11,13H,5-6,8-9,14H2,1-2H3;1H. The Hall–Kier alpha value is -0.640. The van der Waals surface area contributed by atoms with Crippen molar-refractivity contribution in [3.05, 3.63) is 29.6 Å². The number of aromatic nitrogens is 1. The summed E-state index contributed by atoms with van der Waals surface area (Å²) in [5, 5.41) is 0. The summed E-state index contributed by atoms with van der Waals surface area (Å²) in [5.74, 6) is 0.819. The molecule has 0 amide bonds. The summed E-state index contributed by atoms with van der Waals surface area (Å²) < 4.78 is 0. The Morgan fingerprint density at radius 3 is 2.76 bits per heavy atom. The molecule has 17 heavy (non-hydrogen) atoms. The van der Waals surface area contributed by atoms with E-state index in [0.29, 0.717) is 6.04 Å². The molecule has 0 aromatic carbocycles. The van der Waals surface area contributed by atoms with E-state index in [1.54, 1.807) is 0 Å². The second-order valence-electron chi connectivity index (χ2n) is 4.82. The largest absolute Gasteiger partial charge is 0.329 e. The molecular weight excluding hydrogens is 234 g/mol. The van der Waals surface area contributed by atoms with Gasteiger partial charge in [0.05, 0.1) is 5.69 Å². The second kappa shape index (κ2) is 6.34. The van der Waals surface area contributed by atoms with Crippen molar-refractivity contribution in [1.29, 1.82) is 0 Å². The number of aryl methyl sites for hydroxylation is 1. The average molecular weight is 256 g/mol. The van der Waals surface area contributed by atoms with Crippen LogP contribution in [0.1, 0.15) is 24.1 Å². The lowest BCUT2D eigenvalue weighted by Gasteiger charge is -2.27. The van der Waals surface area contributed by atoms with E-state index in [1.807, 2.05) is 12.3 Å². The van der Waals surface area contributed by atoms with Crippen LogP contribution in [0.3, 0.4) is 0 Å². The molecule has 1 saturated carbocycles. The van der Waals surface area contributed by atoms with Crippen LogP contribution in [0.4, 0.5) is 0 Å². The minimum atomic E-state index is 0. The Morgan fingerprint density at radius 2 is 2.24 bits per heavy atom. The fourth-order valence-corrected chi connectivity index (χ4v) is 2.25. The summed E-state index contributed by atoms with van der Waals surface area (Å²) in [6, 6.07) is 4.63. The number of rotatable bonds is 5. The molecule has 2 N–H and O–H groups in total. The first-order valence-electron chi connectivity index (χ1n) is 6.03. The third kappa shape index (κ3) is 3.66. The predicted octanol–water partition coefficient (Wildman–Crippen LogP) is 1.98. The molecular formula is C13H22ClN3. The molecule has 3 nitrogen and oxygen atoms in total. The van der Waals surface area contributed by atoms with Crippen LogP contribution in [0.25, 0.3) is 0 Å². The van der Waals surface area contributed by atoms with Crippen molar-refractivity contribution in [1.82, 2.24) is 9.88 Å². The van der Waals surface area contributed by atoms with Crippen molar-refractivity contribution in [3.8, 4) is 0 Å². The summed E-state index contributed by atoms with van der Waals surface area (Å²) in [7, 11) is 2.16. The lowest BCUT2D eigenvalue weighted by molar-refractivity contribution is 0.213. The Kier molecular flexibility index (Phi) is 5.37. The molecule has 4 heteroatoms. The number of halogens is 1. The second-order valence-corrected chi connectivity index (χ2v) is 4.82. The monoisotopic (exact) mass is 255 g/mol. The van der Waals surface area contributed by atoms with Crippen molar-refractivity contribution in [3.63, 3.8) is 0 Å². The summed E-state index contributed by atoms with van der Waals surface area (Å²) in [6.45, 7) is 3.78. The SMILES string of the molecule is Cc1cccnc1CN(C)C(CN)C1CC1.Cl. The number of pyridine rings is 1. The fourth-order valence-electron chi connectivity index (χ4n) is 2.25. The lowest BCUT2D eigenvalue weighted by Crippen LogP contribution is -2.39. The van der Waals surface area contributed by atoms with Gasteiger partial charge in [0, 0.05) is 25.3 Å². The first-order valence-corrected chi connectivity index (χ1v) is 6.03. The first-order chi connectivity index (χ1) is 7.72. The summed E-state index contributed by atoms with van der Waals surface area (Å²) in [6.07, 6.45) is 4.55. The highest BCUT2D eigenvalue weighted by atomic mass is 35.5. The molecule has 1 aromatic rings. The zero-order chi connectivity index (χ0) is 11.5. The maximum Gasteiger partial charge on any atom is 0.0573 e. The van der Waals surface area contributed by atoms with E-state index in [2.05, 4.69) is 29.9 Å². The molecule has 1 atom stereocenters. The molecule has 0 saturated heterocycles. The van der Waals surface area contributed by atoms with E-state index >= 15 is 0 Å². The van der Waals surface area contributed by atoms with Gasteiger partial charge < -0.3 is 5.73 Å². The highest BCUT2D eigenvalue weighted by Crippen LogP contribution is 2.34. The molecule has 0 bridgehead atoms. The lowest BCUT2D eigenvalue weighted by atomic mass is 10.1. The minimum absolute atomic E-state index is 0. The molecule has 1 fully saturated rings. The normalized spacial score (nSPS) is 16.7. The van der Waals surface area contributed by atoms with Crippen LogP contribution in [-0.2, 0) is 6.54 Å². The maximum absolute atomic E-state index is 5.84. The van der Waals surface area contributed by atoms with E-state index in [-0.39, 0.29) is 12.4 Å². The zero-order valence-corrected chi connectivity index (χ0v) is 11.4. The number of hydrogen-bond acceptors (Lipinski definition) is 3. The molecule has 96 valence electrons. The first kappa shape index (κ1) is 14.4. The van der Waals surface area contributed by atoms with Crippen LogP contribution in [0.15, 0.2) is 18.3 Å². The van der Waals surface area contributed by atoms with Crippen molar-refractivity contribution < 1.29 is 0 Å². The van der Waals surface area contributed by atoms with E-state index in [1.165, 1.54) is 24.1 Å². The van der Waals surface area contributed by atoms with Crippen molar-refractivity contribution >= 4 is 12.4 Å². The molecule has 1 heterocycles. The Balaban J connectivity index is 0.00000144. The summed E-state index contributed by atoms with van der Waals surface area (Å²) >= 11 is 0. The van der Waals surface area contributed by atoms with Gasteiger partial charge in [-0.15, -0.1) is 12.4 Å². The smallest absolute Gasteiger partial charge is 0.0573 e. The van der Waals surface area contributed by atoms with E-state index in [4.69, 9.17) is 5.73 Å². The number of nitrogens with two attached hydrogens (primary N) is 1. The van der Waals surface area contributed by atoms with Crippen molar-refractivity contribution in [2.75, 3.05) is 13.6 Å². The van der Waals surface area contributed by atoms with Crippen molar-refractivity contribution in [2.24, 2.45) is 11.7 Å². The van der Waals surface area contributed by atoms with Gasteiger partial charge in [0.25, 0.3) is 0 Å². The van der Waals surface area contributed by atoms with E-state index in [0.717, 1.165) is 19.0 Å². The van der Waals surface area contributed by atoms with Crippen LogP contribution in [0.2, 0.25) is 0 Å². The highest BCUT2D eigenvalue weighted by molar-refractivity contribution is 5.85. The molecule has 0 spiro atoms. The van der Waals surface area contributed by atoms with Gasteiger partial charge in [-0.25, -0.2) is 0 Å².